The summed E-state index contributed by atoms with van der Waals surface area (Å²) >= 11 is 21.9. The maximum absolute atomic E-state index is 14.4. The number of methoxy groups -OCH3 is 1. The molecule has 10 rings (SSSR count). The number of para-hydroxylation sites is 1. The molecule has 0 spiro atoms. The van der Waals surface area contributed by atoms with E-state index in [0.29, 0.717) is 74.5 Å². The van der Waals surface area contributed by atoms with Crippen molar-refractivity contribution in [2.45, 2.75) is 39.1 Å². The van der Waals surface area contributed by atoms with Crippen LogP contribution in [0, 0.1) is 19.7 Å². The topological polar surface area (TPSA) is 146 Å². The zero-order valence-corrected chi connectivity index (χ0v) is 39.2. The van der Waals surface area contributed by atoms with E-state index in [9.17, 15) is 14.3 Å². The first-order valence-electron chi connectivity index (χ1n) is 21.5. The number of ether oxygens (including phenoxy) is 5. The third-order valence-electron chi connectivity index (χ3n) is 11.9. The van der Waals surface area contributed by atoms with E-state index in [1.165, 1.54) is 18.5 Å². The van der Waals surface area contributed by atoms with Crippen molar-refractivity contribution >= 4 is 51.8 Å². The largest absolute Gasteiger partial charge is 0.496 e. The van der Waals surface area contributed by atoms with Crippen LogP contribution in [0.3, 0.4) is 0 Å². The molecule has 18 heteroatoms. The molecule has 3 aliphatic heterocycles. The Morgan fingerprint density at radius 3 is 2.37 bits per heavy atom. The molecule has 1 saturated heterocycles. The van der Waals surface area contributed by atoms with Crippen LogP contribution < -0.4 is 23.7 Å². The molecule has 1 N–H and O–H groups in total. The molecule has 0 aliphatic carbocycles. The normalized spacial score (nSPS) is 16.8. The fraction of sp³-hybridized carbons (Fsp3) is 0.286. The molecule has 7 aromatic rings. The number of piperazine rings is 1. The number of aliphatic carboxylic acids is 1. The summed E-state index contributed by atoms with van der Waals surface area (Å²) in [6.07, 6.45) is 0.573. The Kier molecular flexibility index (Phi) is 13.4. The summed E-state index contributed by atoms with van der Waals surface area (Å²) < 4.78 is 47.9. The van der Waals surface area contributed by atoms with E-state index in [0.717, 1.165) is 26.2 Å². The number of carbonyl (C=O) groups is 1. The van der Waals surface area contributed by atoms with Gasteiger partial charge in [0.25, 0.3) is 0 Å². The molecule has 4 aromatic carbocycles. The minimum Gasteiger partial charge on any atom is -0.496 e. The lowest BCUT2D eigenvalue weighted by Gasteiger charge is -2.35. The molecule has 3 aromatic heterocycles. The Hall–Kier alpha value is -6.23. The third kappa shape index (κ3) is 9.39. The molecule has 3 aliphatic rings. The molecule has 0 amide bonds. The number of benzene rings is 4. The lowest BCUT2D eigenvalue weighted by atomic mass is 10.1. The Morgan fingerprint density at radius 1 is 0.896 bits per heavy atom. The standard InChI is InChI=1S/C49H45Cl3FN7O7/c1-27-39(50)46-40(51)28(2)43(27)60-44(29-9-11-31(53)12-10-29)41(52)42-45(60)48(56-26-55-42)67-38(49(61)62)22-30-21-33(64-25-34(66-46)23-59-19-17-58(3)18-20-59)13-14-36(30)65-24-32-15-16-54-47(57-32)35-7-5-6-8-37(35)63-4/h5-16,21,26,34,38H,17-20,22-25H2,1-4H3,(H,61,62)/t34-,38-/m1/s1. The first kappa shape index (κ1) is 45.9. The lowest BCUT2D eigenvalue weighted by molar-refractivity contribution is -0.145. The summed E-state index contributed by atoms with van der Waals surface area (Å²) in [4.78, 5) is 36.2. The monoisotopic (exact) mass is 967 g/mol. The Morgan fingerprint density at radius 2 is 1.64 bits per heavy atom. The van der Waals surface area contributed by atoms with Gasteiger partial charge in [-0.25, -0.2) is 24.1 Å². The van der Waals surface area contributed by atoms with Gasteiger partial charge in [0.1, 0.15) is 59.7 Å². The smallest absolute Gasteiger partial charge is 0.345 e. The molecule has 0 unspecified atom stereocenters. The molecule has 67 heavy (non-hydrogen) atoms. The van der Waals surface area contributed by atoms with Crippen LogP contribution >= 0.6 is 34.8 Å². The number of likely N-dealkylation sites (N-methyl/N-ethyl adjacent to an activating group) is 1. The van der Waals surface area contributed by atoms with Gasteiger partial charge in [-0.05, 0) is 92.7 Å². The highest BCUT2D eigenvalue weighted by Crippen LogP contribution is 2.48. The number of nitrogens with zero attached hydrogens (tertiary/aromatic N) is 7. The highest BCUT2D eigenvalue weighted by molar-refractivity contribution is 6.39. The quantitative estimate of drug-likeness (QED) is 0.147. The van der Waals surface area contributed by atoms with Crippen LogP contribution in [-0.4, -0.2) is 111 Å². The van der Waals surface area contributed by atoms with E-state index in [-0.39, 0.29) is 57.4 Å². The number of halogens is 4. The molecular weight excluding hydrogens is 924 g/mol. The molecule has 0 saturated carbocycles. The summed E-state index contributed by atoms with van der Waals surface area (Å²) in [5.41, 5.74) is 4.70. The number of hydrogen-bond donors (Lipinski definition) is 1. The van der Waals surface area contributed by atoms with Gasteiger partial charge < -0.3 is 38.3 Å². The second-order valence-electron chi connectivity index (χ2n) is 16.4. The van der Waals surface area contributed by atoms with Gasteiger partial charge in [0, 0.05) is 56.5 Å². The van der Waals surface area contributed by atoms with Crippen molar-refractivity contribution in [2.24, 2.45) is 0 Å². The van der Waals surface area contributed by atoms with E-state index < -0.39 is 24.0 Å². The van der Waals surface area contributed by atoms with Gasteiger partial charge in [-0.15, -0.1) is 0 Å². The second-order valence-corrected chi connectivity index (χ2v) is 17.5. The highest BCUT2D eigenvalue weighted by Gasteiger charge is 2.33. The van der Waals surface area contributed by atoms with Crippen molar-refractivity contribution in [2.75, 3.05) is 53.5 Å². The third-order valence-corrected chi connectivity index (χ3v) is 13.2. The number of carboxylic acid groups (broad SMARTS) is 1. The lowest BCUT2D eigenvalue weighted by Crippen LogP contribution is -2.49. The van der Waals surface area contributed by atoms with Gasteiger partial charge >= 0.3 is 5.97 Å². The Bertz CT molecular complexity index is 2960. The molecule has 0 radical (unpaired) electrons. The van der Waals surface area contributed by atoms with E-state index in [1.54, 1.807) is 54.3 Å². The average Bonchev–Trinajstić information content (AvgIpc) is 3.63. The molecule has 14 nitrogen and oxygen atoms in total. The number of hydrogen-bond acceptors (Lipinski definition) is 12. The molecule has 346 valence electrons. The minimum atomic E-state index is -1.54. The fourth-order valence-corrected chi connectivity index (χ4v) is 9.27. The maximum Gasteiger partial charge on any atom is 0.345 e. The van der Waals surface area contributed by atoms with Crippen molar-refractivity contribution in [3.05, 3.63) is 129 Å². The van der Waals surface area contributed by atoms with E-state index in [1.807, 2.05) is 38.1 Å². The van der Waals surface area contributed by atoms with Crippen molar-refractivity contribution in [3.63, 3.8) is 0 Å². The van der Waals surface area contributed by atoms with Gasteiger partial charge in [0.2, 0.25) is 12.0 Å². The predicted octanol–water partition coefficient (Wildman–Crippen LogP) is 9.31. The minimum absolute atomic E-state index is 0.0135. The van der Waals surface area contributed by atoms with Gasteiger partial charge in [0.15, 0.2) is 11.6 Å². The van der Waals surface area contributed by atoms with Crippen LogP contribution in [0.15, 0.2) is 85.3 Å². The van der Waals surface area contributed by atoms with Crippen LogP contribution in [0.25, 0.3) is 39.4 Å². The van der Waals surface area contributed by atoms with Crippen molar-refractivity contribution in [1.82, 2.24) is 34.3 Å². The molecule has 6 heterocycles. The van der Waals surface area contributed by atoms with Gasteiger partial charge in [-0.3, -0.25) is 4.90 Å². The van der Waals surface area contributed by atoms with E-state index in [2.05, 4.69) is 31.8 Å². The maximum atomic E-state index is 14.4. The summed E-state index contributed by atoms with van der Waals surface area (Å²) in [5.74, 6) is 0.283. The first-order valence-corrected chi connectivity index (χ1v) is 22.6. The van der Waals surface area contributed by atoms with Crippen LogP contribution in [0.1, 0.15) is 22.4 Å². The summed E-state index contributed by atoms with van der Waals surface area (Å²) in [6.45, 7) is 7.61. The number of aromatic nitrogens is 5. The first-order chi connectivity index (χ1) is 32.4. The predicted molar refractivity (Wildman–Crippen MR) is 253 cm³/mol. The average molecular weight is 969 g/mol. The van der Waals surface area contributed by atoms with E-state index in [4.69, 9.17) is 63.5 Å². The molecule has 2 atom stereocenters. The van der Waals surface area contributed by atoms with Gasteiger partial charge in [0.05, 0.1) is 44.8 Å². The zero-order valence-electron chi connectivity index (χ0n) is 36.9. The molecule has 4 bridgehead atoms. The van der Waals surface area contributed by atoms with Crippen LogP contribution in [0.2, 0.25) is 15.1 Å². The SMILES string of the molecule is COc1ccccc1-c1nccc(COc2ccc3cc2C[C@H](C(=O)O)Oc2ncnc4c(Cl)c(-c5ccc(F)cc5)n(c24)-c2c(C)c(Cl)c(c(Cl)c2C)O[C@H](CN2CCN(C)CC2)CO3)n1. The van der Waals surface area contributed by atoms with Crippen molar-refractivity contribution in [1.29, 1.82) is 0 Å². The fourth-order valence-electron chi connectivity index (χ4n) is 8.43. The summed E-state index contributed by atoms with van der Waals surface area (Å²) in [5, 5.41) is 11.5. The van der Waals surface area contributed by atoms with Crippen molar-refractivity contribution < 1.29 is 38.0 Å². The van der Waals surface area contributed by atoms with Crippen LogP contribution in [-0.2, 0) is 17.8 Å². The van der Waals surface area contributed by atoms with Crippen molar-refractivity contribution in [3.8, 4) is 57.2 Å². The van der Waals surface area contributed by atoms with Crippen LogP contribution in [0.4, 0.5) is 4.39 Å². The summed E-state index contributed by atoms with van der Waals surface area (Å²) in [6, 6.07) is 20.2. The number of fused-ring (bicyclic) bond motifs is 7. The number of carboxylic acids is 1. The summed E-state index contributed by atoms with van der Waals surface area (Å²) in [7, 11) is 3.67. The Labute approximate surface area is 400 Å². The number of rotatable bonds is 9. The molecular formula is C49H45Cl3FN7O7. The Balaban J connectivity index is 1.18. The van der Waals surface area contributed by atoms with Crippen LogP contribution in [0.5, 0.6) is 28.9 Å². The molecule has 1 fully saturated rings. The van der Waals surface area contributed by atoms with Gasteiger partial charge in [-0.1, -0.05) is 46.9 Å². The second kappa shape index (κ2) is 19.5. The zero-order chi connectivity index (χ0) is 46.9. The van der Waals surface area contributed by atoms with Gasteiger partial charge in [-0.2, -0.15) is 4.98 Å². The van der Waals surface area contributed by atoms with E-state index >= 15 is 0 Å². The highest BCUT2D eigenvalue weighted by atomic mass is 35.5.